The smallest absolute Gasteiger partial charge is 0.347 e. The normalized spacial score (nSPS) is 10.8. The third-order valence-electron chi connectivity index (χ3n) is 4.83. The van der Waals surface area contributed by atoms with Crippen LogP contribution in [0, 0.1) is 5.82 Å². The summed E-state index contributed by atoms with van der Waals surface area (Å²) in [6, 6.07) is 5.69. The lowest BCUT2D eigenvalue weighted by Gasteiger charge is -2.14. The van der Waals surface area contributed by atoms with Gasteiger partial charge in [-0.15, -0.1) is 0 Å². The van der Waals surface area contributed by atoms with Crippen LogP contribution in [0.2, 0.25) is 0 Å². The van der Waals surface area contributed by atoms with Crippen molar-refractivity contribution in [1.82, 2.24) is 9.55 Å². The van der Waals surface area contributed by atoms with Crippen LogP contribution in [0.15, 0.2) is 35.3 Å². The fourth-order valence-corrected chi connectivity index (χ4v) is 3.41. The Morgan fingerprint density at radius 1 is 1.23 bits per heavy atom. The van der Waals surface area contributed by atoms with Gasteiger partial charge in [0.05, 0.1) is 25.7 Å². The van der Waals surface area contributed by atoms with Crippen LogP contribution in [0.3, 0.4) is 0 Å². The van der Waals surface area contributed by atoms with Gasteiger partial charge in [0.25, 0.3) is 5.56 Å². The van der Waals surface area contributed by atoms with E-state index in [9.17, 15) is 18.8 Å². The van der Waals surface area contributed by atoms with E-state index in [0.29, 0.717) is 27.7 Å². The fraction of sp³-hybridized carbons (Fsp3) is 0.273. The number of aliphatic carboxylic acids is 1. The van der Waals surface area contributed by atoms with E-state index in [0.717, 1.165) is 0 Å². The second kappa shape index (κ2) is 8.95. The van der Waals surface area contributed by atoms with Gasteiger partial charge in [-0.2, -0.15) is 0 Å². The van der Waals surface area contributed by atoms with Crippen molar-refractivity contribution in [2.45, 2.75) is 19.8 Å². The molecular formula is C22H21FN2O6. The number of rotatable bonds is 7. The summed E-state index contributed by atoms with van der Waals surface area (Å²) < 4.78 is 25.2. The van der Waals surface area contributed by atoms with Gasteiger partial charge in [-0.1, -0.05) is 6.07 Å². The molecule has 8 nitrogen and oxygen atoms in total. The molecule has 2 aromatic heterocycles. The SMILES string of the molecule is CCOC(=O)c1c(OC)c2ncc(Cc3ccc(F)cc3CC(=O)O)cc2n(C)c1=O. The highest BCUT2D eigenvalue weighted by Crippen LogP contribution is 2.27. The molecule has 9 heteroatoms. The van der Waals surface area contributed by atoms with Gasteiger partial charge in [0.15, 0.2) is 11.3 Å². The summed E-state index contributed by atoms with van der Waals surface area (Å²) in [4.78, 5) is 40.6. The van der Waals surface area contributed by atoms with Crippen molar-refractivity contribution in [2.24, 2.45) is 7.05 Å². The lowest BCUT2D eigenvalue weighted by atomic mass is 9.98. The molecule has 1 aromatic carbocycles. The maximum absolute atomic E-state index is 13.6. The van der Waals surface area contributed by atoms with Crippen LogP contribution in [0.5, 0.6) is 5.75 Å². The maximum atomic E-state index is 13.6. The minimum Gasteiger partial charge on any atom is -0.493 e. The van der Waals surface area contributed by atoms with Gasteiger partial charge in [0, 0.05) is 13.2 Å². The third kappa shape index (κ3) is 4.40. The van der Waals surface area contributed by atoms with Gasteiger partial charge >= 0.3 is 11.9 Å². The van der Waals surface area contributed by atoms with Gasteiger partial charge in [-0.3, -0.25) is 14.6 Å². The summed E-state index contributed by atoms with van der Waals surface area (Å²) in [6.07, 6.45) is 1.50. The van der Waals surface area contributed by atoms with Gasteiger partial charge < -0.3 is 19.1 Å². The third-order valence-corrected chi connectivity index (χ3v) is 4.83. The Kier molecular flexibility index (Phi) is 6.33. The zero-order chi connectivity index (χ0) is 22.7. The lowest BCUT2D eigenvalue weighted by Crippen LogP contribution is -2.27. The number of hydrogen-bond acceptors (Lipinski definition) is 6. The van der Waals surface area contributed by atoms with E-state index >= 15 is 0 Å². The van der Waals surface area contributed by atoms with Gasteiger partial charge in [-0.05, 0) is 48.2 Å². The van der Waals surface area contributed by atoms with E-state index in [-0.39, 0.29) is 30.8 Å². The Morgan fingerprint density at radius 2 is 1.97 bits per heavy atom. The number of ether oxygens (including phenoxy) is 2. The van der Waals surface area contributed by atoms with Gasteiger partial charge in [0.2, 0.25) is 0 Å². The molecule has 0 aliphatic rings. The van der Waals surface area contributed by atoms with Crippen LogP contribution >= 0.6 is 0 Å². The minimum atomic E-state index is -1.07. The molecule has 0 amide bonds. The second-order valence-electron chi connectivity index (χ2n) is 6.86. The summed E-state index contributed by atoms with van der Waals surface area (Å²) in [5, 5.41) is 9.10. The summed E-state index contributed by atoms with van der Waals surface area (Å²) in [5.41, 5.74) is 1.57. The molecule has 0 bridgehead atoms. The number of carbonyl (C=O) groups is 2. The van der Waals surface area contributed by atoms with Crippen LogP contribution in [0.25, 0.3) is 11.0 Å². The summed E-state index contributed by atoms with van der Waals surface area (Å²) in [7, 11) is 2.84. The predicted molar refractivity (Wildman–Crippen MR) is 110 cm³/mol. The highest BCUT2D eigenvalue weighted by Gasteiger charge is 2.24. The molecule has 0 atom stereocenters. The summed E-state index contributed by atoms with van der Waals surface area (Å²) >= 11 is 0. The van der Waals surface area contributed by atoms with Crippen LogP contribution in [0.4, 0.5) is 4.39 Å². The number of carboxylic acids is 1. The van der Waals surface area contributed by atoms with E-state index in [4.69, 9.17) is 14.6 Å². The van der Waals surface area contributed by atoms with Crippen molar-refractivity contribution >= 4 is 23.0 Å². The first-order chi connectivity index (χ1) is 14.8. The number of hydrogen-bond donors (Lipinski definition) is 1. The molecule has 0 saturated carbocycles. The average molecular weight is 428 g/mol. The Hall–Kier alpha value is -3.75. The number of pyridine rings is 2. The molecule has 0 fully saturated rings. The molecule has 0 aliphatic heterocycles. The zero-order valence-electron chi connectivity index (χ0n) is 17.3. The molecule has 2 heterocycles. The molecule has 3 rings (SSSR count). The number of nitrogens with zero attached hydrogens (tertiary/aromatic N) is 2. The highest BCUT2D eigenvalue weighted by atomic mass is 19.1. The maximum Gasteiger partial charge on any atom is 0.347 e. The fourth-order valence-electron chi connectivity index (χ4n) is 3.41. The van der Waals surface area contributed by atoms with Crippen molar-refractivity contribution in [3.05, 3.63) is 68.9 Å². The Balaban J connectivity index is 2.12. The zero-order valence-corrected chi connectivity index (χ0v) is 17.3. The van der Waals surface area contributed by atoms with Crippen LogP contribution < -0.4 is 10.3 Å². The number of fused-ring (bicyclic) bond motifs is 1. The first-order valence-corrected chi connectivity index (χ1v) is 9.48. The largest absolute Gasteiger partial charge is 0.493 e. The lowest BCUT2D eigenvalue weighted by molar-refractivity contribution is -0.136. The van der Waals surface area contributed by atoms with Crippen LogP contribution in [-0.4, -0.2) is 40.3 Å². The molecule has 0 saturated heterocycles. The predicted octanol–water partition coefficient (Wildman–Crippen LogP) is 2.48. The quantitative estimate of drug-likeness (QED) is 0.576. The van der Waals surface area contributed by atoms with Gasteiger partial charge in [0.1, 0.15) is 11.3 Å². The van der Waals surface area contributed by atoms with Crippen molar-refractivity contribution in [3.8, 4) is 5.75 Å². The standard InChI is InChI=1S/C22H21FN2O6/c1-4-31-22(29)18-20(30-3)19-16(25(2)21(18)28)8-12(11-24-19)7-13-5-6-15(23)9-14(13)10-17(26)27/h5-6,8-9,11H,4,7,10H2,1-3H3,(H,26,27). The molecule has 1 N–H and O–H groups in total. The van der Waals surface area contributed by atoms with E-state index < -0.39 is 23.3 Å². The van der Waals surface area contributed by atoms with E-state index in [1.54, 1.807) is 13.0 Å². The van der Waals surface area contributed by atoms with Crippen LogP contribution in [-0.2, 0) is 29.4 Å². The van der Waals surface area contributed by atoms with Gasteiger partial charge in [-0.25, -0.2) is 9.18 Å². The number of esters is 1. The molecule has 162 valence electrons. The number of carbonyl (C=O) groups excluding carboxylic acids is 1. The molecule has 0 aliphatic carbocycles. The Labute approximate surface area is 176 Å². The number of aromatic nitrogens is 2. The van der Waals surface area contributed by atoms with E-state index in [1.807, 2.05) is 0 Å². The summed E-state index contributed by atoms with van der Waals surface area (Å²) in [6.45, 7) is 1.74. The van der Waals surface area contributed by atoms with Crippen molar-refractivity contribution in [3.63, 3.8) is 0 Å². The van der Waals surface area contributed by atoms with Crippen LogP contribution in [0.1, 0.15) is 34.0 Å². The number of halogens is 1. The van der Waals surface area contributed by atoms with Crippen molar-refractivity contribution < 1.29 is 28.6 Å². The Morgan fingerprint density at radius 3 is 2.61 bits per heavy atom. The topological polar surface area (TPSA) is 108 Å². The highest BCUT2D eigenvalue weighted by molar-refractivity contribution is 5.98. The second-order valence-corrected chi connectivity index (χ2v) is 6.86. The number of carboxylic acid groups (broad SMARTS) is 1. The monoisotopic (exact) mass is 428 g/mol. The minimum absolute atomic E-state index is 0.0245. The molecule has 31 heavy (non-hydrogen) atoms. The number of benzene rings is 1. The van der Waals surface area contributed by atoms with Crippen molar-refractivity contribution in [2.75, 3.05) is 13.7 Å². The summed E-state index contributed by atoms with van der Waals surface area (Å²) in [5.74, 6) is -2.36. The number of methoxy groups -OCH3 is 1. The molecular weight excluding hydrogens is 407 g/mol. The molecule has 0 unspecified atom stereocenters. The van der Waals surface area contributed by atoms with E-state index in [1.165, 1.54) is 43.1 Å². The number of aryl methyl sites for hydroxylation is 1. The first-order valence-electron chi connectivity index (χ1n) is 9.48. The average Bonchev–Trinajstić information content (AvgIpc) is 2.72. The van der Waals surface area contributed by atoms with Crippen molar-refractivity contribution in [1.29, 1.82) is 0 Å². The molecule has 3 aromatic rings. The van der Waals surface area contributed by atoms with E-state index in [2.05, 4.69) is 4.98 Å². The molecule has 0 radical (unpaired) electrons. The first kappa shape index (κ1) is 21.9. The Bertz CT molecular complexity index is 1230. The molecule has 0 spiro atoms.